The maximum atomic E-state index is 12.5. The van der Waals surface area contributed by atoms with Crippen LogP contribution in [0.5, 0.6) is 0 Å². The summed E-state index contributed by atoms with van der Waals surface area (Å²) in [4.78, 5) is 16.5. The minimum absolute atomic E-state index is 0.0152. The zero-order valence-corrected chi connectivity index (χ0v) is 12.2. The fourth-order valence-electron chi connectivity index (χ4n) is 2.80. The molecule has 0 saturated carbocycles. The van der Waals surface area contributed by atoms with Crippen LogP contribution < -0.4 is 10.6 Å². The van der Waals surface area contributed by atoms with E-state index in [0.29, 0.717) is 0 Å². The van der Waals surface area contributed by atoms with Crippen LogP contribution in [-0.4, -0.2) is 28.0 Å². The molecule has 0 radical (unpaired) electrons. The number of hydrogen-bond acceptors (Lipinski definition) is 3. The number of aromatic nitrogens is 2. The smallest absolute Gasteiger partial charge is 0.251 e. The molecule has 0 fully saturated rings. The van der Waals surface area contributed by atoms with Gasteiger partial charge < -0.3 is 15.2 Å². The molecule has 1 aliphatic heterocycles. The highest BCUT2D eigenvalue weighted by Gasteiger charge is 2.18. The van der Waals surface area contributed by atoms with Crippen LogP contribution in [0.1, 0.15) is 28.4 Å². The summed E-state index contributed by atoms with van der Waals surface area (Å²) in [5.74, 6) is 0.0152. The number of imidazole rings is 1. The number of nitrogens with zero attached hydrogens (tertiary/aromatic N) is 2. The first-order valence-corrected chi connectivity index (χ1v) is 7.32. The van der Waals surface area contributed by atoms with Crippen LogP contribution in [0.15, 0.2) is 36.9 Å². The largest absolute Gasteiger partial charge is 0.348 e. The van der Waals surface area contributed by atoms with Crippen LogP contribution in [0.3, 0.4) is 0 Å². The summed E-state index contributed by atoms with van der Waals surface area (Å²) in [7, 11) is 0. The van der Waals surface area contributed by atoms with Crippen molar-refractivity contribution in [2.24, 2.45) is 0 Å². The van der Waals surface area contributed by atoms with Crippen molar-refractivity contribution in [2.75, 3.05) is 6.54 Å². The summed E-state index contributed by atoms with van der Waals surface area (Å²) in [5, 5.41) is 6.41. The zero-order valence-electron chi connectivity index (χ0n) is 12.2. The molecule has 1 unspecified atom stereocenters. The number of benzene rings is 1. The van der Waals surface area contributed by atoms with E-state index in [1.807, 2.05) is 29.8 Å². The molecule has 1 aromatic carbocycles. The number of carbonyl (C=O) groups is 1. The normalized spacial score (nSPS) is 15.3. The quantitative estimate of drug-likeness (QED) is 0.891. The maximum Gasteiger partial charge on any atom is 0.251 e. The molecule has 110 valence electrons. The molecule has 1 aromatic heterocycles. The number of hydrogen-bond donors (Lipinski definition) is 2. The fraction of sp³-hybridized carbons (Fsp3) is 0.375. The molecule has 0 spiro atoms. The van der Waals surface area contributed by atoms with E-state index in [9.17, 15) is 4.79 Å². The molecule has 1 atom stereocenters. The molecule has 21 heavy (non-hydrogen) atoms. The van der Waals surface area contributed by atoms with Gasteiger partial charge in [-0.25, -0.2) is 4.98 Å². The topological polar surface area (TPSA) is 59.0 Å². The molecule has 0 aliphatic carbocycles. The number of nitrogens with one attached hydrogen (secondary N) is 2. The van der Waals surface area contributed by atoms with Gasteiger partial charge in [0.2, 0.25) is 0 Å². The Hall–Kier alpha value is -2.14. The molecular formula is C16H20N4O. The SMILES string of the molecule is CC(Cn1ccnc1)NC(=O)c1cccc2c1CCNC2. The number of amides is 1. The molecule has 3 rings (SSSR count). The first-order chi connectivity index (χ1) is 10.2. The Morgan fingerprint density at radius 3 is 3.24 bits per heavy atom. The van der Waals surface area contributed by atoms with Crippen molar-refractivity contribution in [3.63, 3.8) is 0 Å². The van der Waals surface area contributed by atoms with Crippen LogP contribution in [0.4, 0.5) is 0 Å². The molecule has 5 heteroatoms. The van der Waals surface area contributed by atoms with Crippen molar-refractivity contribution in [1.29, 1.82) is 0 Å². The lowest BCUT2D eigenvalue weighted by Crippen LogP contribution is -2.37. The summed E-state index contributed by atoms with van der Waals surface area (Å²) in [6.45, 7) is 4.51. The Labute approximate surface area is 124 Å². The minimum Gasteiger partial charge on any atom is -0.348 e. The number of rotatable bonds is 4. The predicted octanol–water partition coefficient (Wildman–Crippen LogP) is 1.35. The van der Waals surface area contributed by atoms with Gasteiger partial charge in [-0.1, -0.05) is 12.1 Å². The average Bonchev–Trinajstić information content (AvgIpc) is 2.99. The summed E-state index contributed by atoms with van der Waals surface area (Å²) in [5.41, 5.74) is 3.23. The Kier molecular flexibility index (Phi) is 4.01. The van der Waals surface area contributed by atoms with E-state index < -0.39 is 0 Å². The van der Waals surface area contributed by atoms with Gasteiger partial charge in [0, 0.05) is 37.1 Å². The van der Waals surface area contributed by atoms with Crippen LogP contribution in [0, 0.1) is 0 Å². The maximum absolute atomic E-state index is 12.5. The lowest BCUT2D eigenvalue weighted by atomic mass is 9.95. The van der Waals surface area contributed by atoms with Crippen molar-refractivity contribution in [3.05, 3.63) is 53.6 Å². The molecule has 5 nitrogen and oxygen atoms in total. The molecular weight excluding hydrogens is 264 g/mol. The van der Waals surface area contributed by atoms with E-state index in [0.717, 1.165) is 31.6 Å². The van der Waals surface area contributed by atoms with E-state index >= 15 is 0 Å². The van der Waals surface area contributed by atoms with Crippen molar-refractivity contribution in [2.45, 2.75) is 32.5 Å². The van der Waals surface area contributed by atoms with Gasteiger partial charge in [-0.3, -0.25) is 4.79 Å². The third-order valence-electron chi connectivity index (χ3n) is 3.81. The van der Waals surface area contributed by atoms with Gasteiger partial charge in [-0.2, -0.15) is 0 Å². The molecule has 0 bridgehead atoms. The van der Waals surface area contributed by atoms with Crippen LogP contribution in [-0.2, 0) is 19.5 Å². The van der Waals surface area contributed by atoms with E-state index in [-0.39, 0.29) is 11.9 Å². The summed E-state index contributed by atoms with van der Waals surface area (Å²) in [6, 6.07) is 6.03. The van der Waals surface area contributed by atoms with E-state index in [1.165, 1.54) is 11.1 Å². The second kappa shape index (κ2) is 6.10. The highest BCUT2D eigenvalue weighted by atomic mass is 16.1. The summed E-state index contributed by atoms with van der Waals surface area (Å²) >= 11 is 0. The van der Waals surface area contributed by atoms with Crippen molar-refractivity contribution in [1.82, 2.24) is 20.2 Å². The number of carbonyl (C=O) groups excluding carboxylic acids is 1. The van der Waals surface area contributed by atoms with Crippen molar-refractivity contribution >= 4 is 5.91 Å². The highest BCUT2D eigenvalue weighted by Crippen LogP contribution is 2.18. The standard InChI is InChI=1S/C16H20N4O/c1-12(10-20-8-7-18-11-20)19-16(21)15-4-2-3-13-9-17-6-5-14(13)15/h2-4,7-8,11-12,17H,5-6,9-10H2,1H3,(H,19,21). The summed E-state index contributed by atoms with van der Waals surface area (Å²) in [6.07, 6.45) is 6.32. The van der Waals surface area contributed by atoms with Gasteiger partial charge in [-0.05, 0) is 37.1 Å². The van der Waals surface area contributed by atoms with Gasteiger partial charge in [-0.15, -0.1) is 0 Å². The third-order valence-corrected chi connectivity index (χ3v) is 3.81. The van der Waals surface area contributed by atoms with Crippen LogP contribution in [0.25, 0.3) is 0 Å². The second-order valence-electron chi connectivity index (χ2n) is 5.50. The van der Waals surface area contributed by atoms with Crippen molar-refractivity contribution in [3.8, 4) is 0 Å². The average molecular weight is 284 g/mol. The Morgan fingerprint density at radius 2 is 2.43 bits per heavy atom. The van der Waals surface area contributed by atoms with Crippen molar-refractivity contribution < 1.29 is 4.79 Å². The molecule has 2 aromatic rings. The fourth-order valence-corrected chi connectivity index (χ4v) is 2.80. The summed E-state index contributed by atoms with van der Waals surface area (Å²) < 4.78 is 1.97. The molecule has 0 saturated heterocycles. The second-order valence-corrected chi connectivity index (χ2v) is 5.50. The van der Waals surface area contributed by atoms with Gasteiger partial charge >= 0.3 is 0 Å². The van der Waals surface area contributed by atoms with Gasteiger partial charge in [0.05, 0.1) is 6.33 Å². The predicted molar refractivity (Wildman–Crippen MR) is 81.0 cm³/mol. The number of fused-ring (bicyclic) bond motifs is 1. The van der Waals surface area contributed by atoms with Crippen LogP contribution >= 0.6 is 0 Å². The zero-order chi connectivity index (χ0) is 14.7. The van der Waals surface area contributed by atoms with Crippen LogP contribution in [0.2, 0.25) is 0 Å². The molecule has 1 amide bonds. The van der Waals surface area contributed by atoms with E-state index in [4.69, 9.17) is 0 Å². The highest BCUT2D eigenvalue weighted by molar-refractivity contribution is 5.96. The van der Waals surface area contributed by atoms with Gasteiger partial charge in [0.15, 0.2) is 0 Å². The van der Waals surface area contributed by atoms with E-state index in [1.54, 1.807) is 12.5 Å². The molecule has 2 heterocycles. The first kappa shape index (κ1) is 13.8. The molecule has 1 aliphatic rings. The Morgan fingerprint density at radius 1 is 1.52 bits per heavy atom. The lowest BCUT2D eigenvalue weighted by molar-refractivity contribution is 0.0935. The lowest BCUT2D eigenvalue weighted by Gasteiger charge is -2.21. The monoisotopic (exact) mass is 284 g/mol. The Balaban J connectivity index is 1.70. The Bertz CT molecular complexity index is 621. The molecule has 2 N–H and O–H groups in total. The van der Waals surface area contributed by atoms with Gasteiger partial charge in [0.25, 0.3) is 5.91 Å². The minimum atomic E-state index is 0.0152. The van der Waals surface area contributed by atoms with E-state index in [2.05, 4.69) is 21.7 Å². The third kappa shape index (κ3) is 3.13. The van der Waals surface area contributed by atoms with Gasteiger partial charge in [0.1, 0.15) is 0 Å². The first-order valence-electron chi connectivity index (χ1n) is 7.32.